The van der Waals surface area contributed by atoms with Gasteiger partial charge in [-0.05, 0) is 32.6 Å². The van der Waals surface area contributed by atoms with Crippen molar-refractivity contribution in [3.63, 3.8) is 0 Å². The SMILES string of the molecule is CCN(CC1CC1)c1sc(C(C)O)cc1[N+](=O)[O-]. The minimum Gasteiger partial charge on any atom is -0.388 e. The van der Waals surface area contributed by atoms with Gasteiger partial charge in [-0.1, -0.05) is 0 Å². The molecule has 6 heteroatoms. The normalized spacial score (nSPS) is 16.6. The standard InChI is InChI=1S/C12H18N2O3S/c1-3-13(7-9-4-5-9)12-10(14(16)17)6-11(18-12)8(2)15/h6,8-9,15H,3-5,7H2,1-2H3. The van der Waals surface area contributed by atoms with Gasteiger partial charge in [-0.3, -0.25) is 10.1 Å². The van der Waals surface area contributed by atoms with Gasteiger partial charge in [0.2, 0.25) is 0 Å². The quantitative estimate of drug-likeness (QED) is 0.637. The van der Waals surface area contributed by atoms with Crippen LogP contribution in [0.2, 0.25) is 0 Å². The van der Waals surface area contributed by atoms with Crippen LogP contribution in [0.4, 0.5) is 10.7 Å². The van der Waals surface area contributed by atoms with E-state index < -0.39 is 6.10 Å². The van der Waals surface area contributed by atoms with Crippen LogP contribution in [-0.2, 0) is 0 Å². The molecule has 0 bridgehead atoms. The van der Waals surface area contributed by atoms with E-state index in [-0.39, 0.29) is 10.6 Å². The summed E-state index contributed by atoms with van der Waals surface area (Å²) in [6.07, 6.45) is 1.79. The van der Waals surface area contributed by atoms with Crippen molar-refractivity contribution in [3.05, 3.63) is 21.1 Å². The number of thiophene rings is 1. The van der Waals surface area contributed by atoms with Crippen molar-refractivity contribution in [1.82, 2.24) is 0 Å². The molecule has 1 heterocycles. The molecule has 2 rings (SSSR count). The van der Waals surface area contributed by atoms with E-state index in [0.29, 0.717) is 15.8 Å². The summed E-state index contributed by atoms with van der Waals surface area (Å²) in [6, 6.07) is 1.50. The lowest BCUT2D eigenvalue weighted by molar-refractivity contribution is -0.383. The Balaban J connectivity index is 2.29. The van der Waals surface area contributed by atoms with E-state index in [1.54, 1.807) is 6.92 Å². The van der Waals surface area contributed by atoms with Crippen LogP contribution in [0, 0.1) is 16.0 Å². The number of hydrogen-bond donors (Lipinski definition) is 1. The summed E-state index contributed by atoms with van der Waals surface area (Å²) in [5.41, 5.74) is 0.124. The van der Waals surface area contributed by atoms with E-state index >= 15 is 0 Å². The highest BCUT2D eigenvalue weighted by Crippen LogP contribution is 2.42. The van der Waals surface area contributed by atoms with Gasteiger partial charge in [0, 0.05) is 24.0 Å². The predicted molar refractivity (Wildman–Crippen MR) is 72.2 cm³/mol. The van der Waals surface area contributed by atoms with E-state index in [0.717, 1.165) is 13.1 Å². The topological polar surface area (TPSA) is 66.6 Å². The molecule has 0 spiro atoms. The van der Waals surface area contributed by atoms with Gasteiger partial charge in [-0.15, -0.1) is 11.3 Å². The van der Waals surface area contributed by atoms with Crippen molar-refractivity contribution < 1.29 is 10.0 Å². The van der Waals surface area contributed by atoms with Crippen molar-refractivity contribution in [2.75, 3.05) is 18.0 Å². The van der Waals surface area contributed by atoms with Gasteiger partial charge in [-0.25, -0.2) is 0 Å². The molecule has 100 valence electrons. The van der Waals surface area contributed by atoms with Gasteiger partial charge in [0.05, 0.1) is 11.0 Å². The van der Waals surface area contributed by atoms with Crippen LogP contribution < -0.4 is 4.90 Å². The maximum absolute atomic E-state index is 11.1. The first kappa shape index (κ1) is 13.3. The summed E-state index contributed by atoms with van der Waals surface area (Å²) >= 11 is 1.33. The summed E-state index contributed by atoms with van der Waals surface area (Å²) in [4.78, 5) is 13.4. The first-order chi connectivity index (χ1) is 8.52. The molecule has 1 N–H and O–H groups in total. The second-order valence-corrected chi connectivity index (χ2v) is 5.82. The van der Waals surface area contributed by atoms with E-state index in [1.165, 1.54) is 30.2 Å². The van der Waals surface area contributed by atoms with Gasteiger partial charge in [0.1, 0.15) is 0 Å². The van der Waals surface area contributed by atoms with Crippen LogP contribution in [0.1, 0.15) is 37.7 Å². The molecule has 1 aliphatic carbocycles. The van der Waals surface area contributed by atoms with Crippen molar-refractivity contribution in [3.8, 4) is 0 Å². The van der Waals surface area contributed by atoms with Crippen LogP contribution in [0.25, 0.3) is 0 Å². The third-order valence-electron chi connectivity index (χ3n) is 3.17. The first-order valence-electron chi connectivity index (χ1n) is 6.24. The van der Waals surface area contributed by atoms with Crippen LogP contribution in [0.15, 0.2) is 6.07 Å². The van der Waals surface area contributed by atoms with Crippen LogP contribution in [0.3, 0.4) is 0 Å². The molecule has 0 amide bonds. The average molecular weight is 270 g/mol. The Morgan fingerprint density at radius 2 is 2.33 bits per heavy atom. The van der Waals surface area contributed by atoms with Crippen LogP contribution in [0.5, 0.6) is 0 Å². The minimum absolute atomic E-state index is 0.124. The molecular formula is C12H18N2O3S. The Bertz CT molecular complexity index is 441. The summed E-state index contributed by atoms with van der Waals surface area (Å²) in [6.45, 7) is 5.29. The fourth-order valence-corrected chi connectivity index (χ4v) is 3.06. The molecule has 1 aromatic rings. The molecule has 1 aliphatic rings. The Labute approximate surface area is 110 Å². The molecule has 1 saturated carbocycles. The molecular weight excluding hydrogens is 252 g/mol. The lowest BCUT2D eigenvalue weighted by Gasteiger charge is -2.20. The number of aliphatic hydroxyl groups is 1. The third-order valence-corrected chi connectivity index (χ3v) is 4.52. The zero-order valence-electron chi connectivity index (χ0n) is 10.6. The average Bonchev–Trinajstić information content (AvgIpc) is 3.01. The first-order valence-corrected chi connectivity index (χ1v) is 7.05. The van der Waals surface area contributed by atoms with E-state index in [2.05, 4.69) is 4.90 Å². The highest BCUT2D eigenvalue weighted by Gasteiger charge is 2.29. The summed E-state index contributed by atoms with van der Waals surface area (Å²) in [5, 5.41) is 21.3. The second-order valence-electron chi connectivity index (χ2n) is 4.75. The molecule has 5 nitrogen and oxygen atoms in total. The van der Waals surface area contributed by atoms with Crippen molar-refractivity contribution >= 4 is 22.0 Å². The number of rotatable bonds is 6. The molecule has 1 aromatic heterocycles. The highest BCUT2D eigenvalue weighted by atomic mass is 32.1. The minimum atomic E-state index is -0.651. The maximum atomic E-state index is 11.1. The molecule has 0 aromatic carbocycles. The van der Waals surface area contributed by atoms with Crippen molar-refractivity contribution in [1.29, 1.82) is 0 Å². The molecule has 1 fully saturated rings. The van der Waals surface area contributed by atoms with Crippen molar-refractivity contribution in [2.24, 2.45) is 5.92 Å². The molecule has 0 aliphatic heterocycles. The Kier molecular flexibility index (Phi) is 3.87. The molecule has 0 radical (unpaired) electrons. The molecule has 0 saturated heterocycles. The van der Waals surface area contributed by atoms with Crippen LogP contribution >= 0.6 is 11.3 Å². The number of anilines is 1. The predicted octanol–water partition coefficient (Wildman–Crippen LogP) is 2.95. The zero-order chi connectivity index (χ0) is 13.3. The van der Waals surface area contributed by atoms with E-state index in [1.807, 2.05) is 6.92 Å². The molecule has 18 heavy (non-hydrogen) atoms. The highest BCUT2D eigenvalue weighted by molar-refractivity contribution is 7.16. The van der Waals surface area contributed by atoms with E-state index in [9.17, 15) is 15.2 Å². The van der Waals surface area contributed by atoms with Gasteiger partial charge in [-0.2, -0.15) is 0 Å². The largest absolute Gasteiger partial charge is 0.388 e. The van der Waals surface area contributed by atoms with Gasteiger partial charge in [0.15, 0.2) is 5.00 Å². The molecule has 1 atom stereocenters. The van der Waals surface area contributed by atoms with Crippen LogP contribution in [-0.4, -0.2) is 23.1 Å². The third kappa shape index (κ3) is 2.81. The fraction of sp³-hybridized carbons (Fsp3) is 0.667. The van der Waals surface area contributed by atoms with Gasteiger partial charge < -0.3 is 10.0 Å². The summed E-state index contributed by atoms with van der Waals surface area (Å²) in [5.74, 6) is 0.682. The smallest absolute Gasteiger partial charge is 0.304 e. The Morgan fingerprint density at radius 1 is 1.67 bits per heavy atom. The summed E-state index contributed by atoms with van der Waals surface area (Å²) in [7, 11) is 0. The van der Waals surface area contributed by atoms with Gasteiger partial charge >= 0.3 is 5.69 Å². The summed E-state index contributed by atoms with van der Waals surface area (Å²) < 4.78 is 0. The Morgan fingerprint density at radius 3 is 2.78 bits per heavy atom. The van der Waals surface area contributed by atoms with Gasteiger partial charge in [0.25, 0.3) is 0 Å². The number of hydrogen-bond acceptors (Lipinski definition) is 5. The Hall–Kier alpha value is -1.14. The number of aliphatic hydroxyl groups excluding tert-OH is 1. The lowest BCUT2D eigenvalue weighted by Crippen LogP contribution is -2.24. The second kappa shape index (κ2) is 5.24. The fourth-order valence-electron chi connectivity index (χ4n) is 1.92. The van der Waals surface area contributed by atoms with E-state index in [4.69, 9.17) is 0 Å². The number of nitrogens with zero attached hydrogens (tertiary/aromatic N) is 2. The number of nitro groups is 1. The lowest BCUT2D eigenvalue weighted by atomic mass is 10.3. The maximum Gasteiger partial charge on any atom is 0.304 e. The van der Waals surface area contributed by atoms with Crippen molar-refractivity contribution in [2.45, 2.75) is 32.8 Å². The molecule has 1 unspecified atom stereocenters. The monoisotopic (exact) mass is 270 g/mol. The zero-order valence-corrected chi connectivity index (χ0v) is 11.4.